The Morgan fingerprint density at radius 2 is 2.38 bits per heavy atom. The van der Waals surface area contributed by atoms with Gasteiger partial charge >= 0.3 is 0 Å². The second-order valence-electron chi connectivity index (χ2n) is 3.59. The maximum atomic E-state index is 4.39. The number of rotatable bonds is 6. The van der Waals surface area contributed by atoms with Crippen LogP contribution in [0.1, 0.15) is 30.0 Å². The molecule has 2 rings (SSSR count). The van der Waals surface area contributed by atoms with Crippen LogP contribution in [0.15, 0.2) is 22.6 Å². The normalized spacial score (nSPS) is 12.8. The lowest BCUT2D eigenvalue weighted by Gasteiger charge is -2.15. The highest BCUT2D eigenvalue weighted by molar-refractivity contribution is 7.09. The van der Waals surface area contributed by atoms with Gasteiger partial charge < -0.3 is 5.32 Å². The molecule has 3 nitrogen and oxygen atoms in total. The summed E-state index contributed by atoms with van der Waals surface area (Å²) in [6.45, 7) is 3.21. The summed E-state index contributed by atoms with van der Waals surface area (Å²) in [6.07, 6.45) is 4.06. The molecule has 0 fully saturated rings. The van der Waals surface area contributed by atoms with Gasteiger partial charge in [-0.25, -0.2) is 4.98 Å². The van der Waals surface area contributed by atoms with Gasteiger partial charge in [0.05, 0.1) is 22.8 Å². The standard InChI is InChI=1S/C11H15N3S2/c1-2-3-13-10(11-6-15-8-14-11)4-9-5-12-7-16-9/h5-8,10,13H,2-4H2,1H3. The molecule has 0 aliphatic rings. The summed E-state index contributed by atoms with van der Waals surface area (Å²) >= 11 is 3.36. The molecule has 0 aliphatic heterocycles. The molecule has 0 aromatic carbocycles. The van der Waals surface area contributed by atoms with Crippen LogP contribution < -0.4 is 5.32 Å². The second-order valence-corrected chi connectivity index (χ2v) is 5.28. The molecule has 2 aromatic heterocycles. The molecule has 0 spiro atoms. The highest BCUT2D eigenvalue weighted by atomic mass is 32.1. The lowest BCUT2D eigenvalue weighted by molar-refractivity contribution is 0.522. The topological polar surface area (TPSA) is 37.8 Å². The maximum absolute atomic E-state index is 4.39. The van der Waals surface area contributed by atoms with Crippen molar-refractivity contribution in [2.24, 2.45) is 0 Å². The second kappa shape index (κ2) is 6.08. The summed E-state index contributed by atoms with van der Waals surface area (Å²) < 4.78 is 0. The van der Waals surface area contributed by atoms with Crippen molar-refractivity contribution in [3.8, 4) is 0 Å². The Balaban J connectivity index is 2.03. The zero-order valence-electron chi connectivity index (χ0n) is 9.22. The first-order valence-corrected chi connectivity index (χ1v) is 7.21. The molecule has 2 heterocycles. The summed E-state index contributed by atoms with van der Waals surface area (Å²) in [5.74, 6) is 0. The molecule has 86 valence electrons. The first-order chi connectivity index (χ1) is 7.90. The van der Waals surface area contributed by atoms with Gasteiger partial charge in [-0.2, -0.15) is 0 Å². The Morgan fingerprint density at radius 1 is 1.44 bits per heavy atom. The van der Waals surface area contributed by atoms with Gasteiger partial charge in [-0.05, 0) is 13.0 Å². The molecule has 1 N–H and O–H groups in total. The van der Waals surface area contributed by atoms with Crippen molar-refractivity contribution in [3.05, 3.63) is 33.2 Å². The quantitative estimate of drug-likeness (QED) is 0.860. The van der Waals surface area contributed by atoms with E-state index in [1.54, 1.807) is 22.7 Å². The fourth-order valence-corrected chi connectivity index (χ4v) is 2.79. The van der Waals surface area contributed by atoms with E-state index in [2.05, 4.69) is 27.6 Å². The molecule has 0 saturated heterocycles. The van der Waals surface area contributed by atoms with Crippen molar-refractivity contribution in [2.45, 2.75) is 25.8 Å². The average Bonchev–Trinajstić information content (AvgIpc) is 2.96. The van der Waals surface area contributed by atoms with Crippen LogP contribution in [0.5, 0.6) is 0 Å². The Hall–Kier alpha value is -0.780. The average molecular weight is 253 g/mol. The predicted molar refractivity (Wildman–Crippen MR) is 69.0 cm³/mol. The largest absolute Gasteiger partial charge is 0.308 e. The summed E-state index contributed by atoms with van der Waals surface area (Å²) in [5.41, 5.74) is 4.92. The van der Waals surface area contributed by atoms with Crippen LogP contribution in [0, 0.1) is 0 Å². The fraction of sp³-hybridized carbons (Fsp3) is 0.455. The van der Waals surface area contributed by atoms with Gasteiger partial charge in [-0.1, -0.05) is 6.92 Å². The lowest BCUT2D eigenvalue weighted by Crippen LogP contribution is -2.24. The molecule has 1 unspecified atom stereocenters. The molecular formula is C11H15N3S2. The minimum Gasteiger partial charge on any atom is -0.308 e. The van der Waals surface area contributed by atoms with E-state index in [9.17, 15) is 0 Å². The Kier molecular flexibility index (Phi) is 4.44. The molecular weight excluding hydrogens is 238 g/mol. The third-order valence-electron chi connectivity index (χ3n) is 2.34. The van der Waals surface area contributed by atoms with Crippen molar-refractivity contribution in [2.75, 3.05) is 6.54 Å². The SMILES string of the molecule is CCCNC(Cc1cncs1)c1cscn1. The molecule has 0 radical (unpaired) electrons. The summed E-state index contributed by atoms with van der Waals surface area (Å²) in [5, 5.41) is 5.65. The van der Waals surface area contributed by atoms with Crippen molar-refractivity contribution in [3.63, 3.8) is 0 Å². The van der Waals surface area contributed by atoms with Crippen molar-refractivity contribution < 1.29 is 0 Å². The summed E-state index contributed by atoms with van der Waals surface area (Å²) in [4.78, 5) is 9.81. The van der Waals surface area contributed by atoms with Gasteiger partial charge in [0.25, 0.3) is 0 Å². The van der Waals surface area contributed by atoms with Crippen LogP contribution in [-0.4, -0.2) is 16.5 Å². The van der Waals surface area contributed by atoms with Gasteiger partial charge in [0.1, 0.15) is 0 Å². The lowest BCUT2D eigenvalue weighted by atomic mass is 10.1. The number of nitrogens with zero attached hydrogens (tertiary/aromatic N) is 2. The molecule has 0 saturated carbocycles. The molecule has 2 aromatic rings. The van der Waals surface area contributed by atoms with Crippen molar-refractivity contribution in [1.82, 2.24) is 15.3 Å². The fourth-order valence-electron chi connectivity index (χ4n) is 1.54. The van der Waals surface area contributed by atoms with E-state index in [0.717, 1.165) is 25.1 Å². The molecule has 0 aliphatic carbocycles. The first kappa shape index (κ1) is 11.7. The van der Waals surface area contributed by atoms with E-state index >= 15 is 0 Å². The third-order valence-corrected chi connectivity index (χ3v) is 3.74. The van der Waals surface area contributed by atoms with E-state index in [1.807, 2.05) is 17.2 Å². The summed E-state index contributed by atoms with van der Waals surface area (Å²) in [6, 6.07) is 0.326. The van der Waals surface area contributed by atoms with Gasteiger partial charge in [0, 0.05) is 22.9 Å². The highest BCUT2D eigenvalue weighted by Crippen LogP contribution is 2.20. The zero-order valence-corrected chi connectivity index (χ0v) is 10.9. The van der Waals surface area contributed by atoms with Crippen LogP contribution >= 0.6 is 22.7 Å². The van der Waals surface area contributed by atoms with Gasteiger partial charge in [0.2, 0.25) is 0 Å². The van der Waals surface area contributed by atoms with Crippen LogP contribution in [0.25, 0.3) is 0 Å². The molecule has 5 heteroatoms. The first-order valence-electron chi connectivity index (χ1n) is 5.39. The molecule has 1 atom stereocenters. The van der Waals surface area contributed by atoms with E-state index in [-0.39, 0.29) is 0 Å². The number of hydrogen-bond donors (Lipinski definition) is 1. The molecule has 0 bridgehead atoms. The number of thiazole rings is 2. The maximum Gasteiger partial charge on any atom is 0.0795 e. The minimum atomic E-state index is 0.326. The number of aromatic nitrogens is 2. The van der Waals surface area contributed by atoms with Crippen LogP contribution in [0.4, 0.5) is 0 Å². The van der Waals surface area contributed by atoms with Crippen LogP contribution in [0.3, 0.4) is 0 Å². The minimum absolute atomic E-state index is 0.326. The smallest absolute Gasteiger partial charge is 0.0795 e. The van der Waals surface area contributed by atoms with E-state index < -0.39 is 0 Å². The Morgan fingerprint density at radius 3 is 3.00 bits per heavy atom. The number of nitrogens with one attached hydrogen (secondary N) is 1. The number of hydrogen-bond acceptors (Lipinski definition) is 5. The van der Waals surface area contributed by atoms with Gasteiger partial charge in [0.15, 0.2) is 0 Å². The highest BCUT2D eigenvalue weighted by Gasteiger charge is 2.13. The van der Waals surface area contributed by atoms with E-state index in [4.69, 9.17) is 0 Å². The molecule has 0 amide bonds. The third kappa shape index (κ3) is 3.10. The van der Waals surface area contributed by atoms with Crippen molar-refractivity contribution in [1.29, 1.82) is 0 Å². The Labute approximate surface area is 104 Å². The predicted octanol–water partition coefficient (Wildman–Crippen LogP) is 2.88. The summed E-state index contributed by atoms with van der Waals surface area (Å²) in [7, 11) is 0. The Bertz CT molecular complexity index is 383. The van der Waals surface area contributed by atoms with E-state index in [0.29, 0.717) is 6.04 Å². The zero-order chi connectivity index (χ0) is 11.2. The van der Waals surface area contributed by atoms with E-state index in [1.165, 1.54) is 4.88 Å². The van der Waals surface area contributed by atoms with Gasteiger partial charge in [-0.3, -0.25) is 4.98 Å². The van der Waals surface area contributed by atoms with Crippen LogP contribution in [-0.2, 0) is 6.42 Å². The van der Waals surface area contributed by atoms with Crippen LogP contribution in [0.2, 0.25) is 0 Å². The van der Waals surface area contributed by atoms with Gasteiger partial charge in [-0.15, -0.1) is 22.7 Å². The monoisotopic (exact) mass is 253 g/mol. The van der Waals surface area contributed by atoms with Crippen molar-refractivity contribution >= 4 is 22.7 Å². The molecule has 16 heavy (non-hydrogen) atoms.